The Morgan fingerprint density at radius 2 is 1.05 bits per heavy atom. The smallest absolute Gasteiger partial charge is 0.326 e. The molecule has 0 fully saturated rings. The number of ketones is 3. The molecular weight excluding hydrogens is 979 g/mol. The van der Waals surface area contributed by atoms with Gasteiger partial charge in [-0.3, -0.25) is 43.2 Å². The molecule has 0 aliphatic carbocycles. The molecule has 0 bridgehead atoms. The van der Waals surface area contributed by atoms with Gasteiger partial charge in [-0.1, -0.05) is 58.3 Å². The predicted octanol–water partition coefficient (Wildman–Crippen LogP) is 2.20. The lowest BCUT2D eigenvalue weighted by molar-refractivity contribution is -0.145. The maximum absolute atomic E-state index is 12.3. The van der Waals surface area contributed by atoms with Crippen molar-refractivity contribution in [2.45, 2.75) is 148 Å². The van der Waals surface area contributed by atoms with Crippen molar-refractivity contribution in [1.82, 2.24) is 21.3 Å². The average Bonchev–Trinajstić information content (AvgIpc) is 3.33. The number of nitrogens with one attached hydrogen (secondary N) is 4. The van der Waals surface area contributed by atoms with Gasteiger partial charge in [-0.25, -0.2) is 4.79 Å². The third kappa shape index (κ3) is 46.9. The molecule has 0 heterocycles. The summed E-state index contributed by atoms with van der Waals surface area (Å²) in [5.41, 5.74) is 5.09. The number of aliphatic hydroxyl groups is 1. The van der Waals surface area contributed by atoms with E-state index in [1.807, 2.05) is 0 Å². The molecule has 0 aromatic rings. The van der Waals surface area contributed by atoms with E-state index < -0.39 is 42.4 Å². The number of hydrogen-bond donors (Lipinski definition) is 9. The van der Waals surface area contributed by atoms with Crippen LogP contribution in [0.1, 0.15) is 136 Å². The van der Waals surface area contributed by atoms with Crippen LogP contribution in [0.2, 0.25) is 0 Å². The number of amides is 4. The van der Waals surface area contributed by atoms with E-state index in [1.54, 1.807) is 13.8 Å². The second kappa shape index (κ2) is 48.4. The van der Waals surface area contributed by atoms with Gasteiger partial charge >= 0.3 is 17.9 Å². The molecule has 0 unspecified atom stereocenters. The number of carbonyl (C=O) groups is 10. The van der Waals surface area contributed by atoms with Crippen LogP contribution in [0.5, 0.6) is 0 Å². The first-order valence-electron chi connectivity index (χ1n) is 25.4. The van der Waals surface area contributed by atoms with Gasteiger partial charge in [0.1, 0.15) is 36.6 Å². The molecule has 0 radical (unpaired) electrons. The molecule has 10 N–H and O–H groups in total. The zero-order valence-corrected chi connectivity index (χ0v) is 44.2. The van der Waals surface area contributed by atoms with Gasteiger partial charge in [0, 0.05) is 70.0 Å². The van der Waals surface area contributed by atoms with Crippen LogP contribution >= 0.6 is 11.8 Å². The molecular formula is C49H87N5O18S. The van der Waals surface area contributed by atoms with Gasteiger partial charge in [0.05, 0.1) is 57.4 Å². The van der Waals surface area contributed by atoms with E-state index in [-0.39, 0.29) is 164 Å². The van der Waals surface area contributed by atoms with Crippen molar-refractivity contribution in [3.63, 3.8) is 0 Å². The van der Waals surface area contributed by atoms with Crippen molar-refractivity contribution in [2.24, 2.45) is 17.6 Å². The standard InChI is InChI=1S/C45H78N4O17S.C4H9NO/c1-2-34(38(52)28-35(29-50)44(59)60)32-67-33-42(56)47-20-19-46-40(54)30-66-27-25-64-23-21-48-41(55)31-65-26-24-63-22-13-14-36(51)17-18-37(45(61)62)49-39(53)15-11-9-7-5-3-4-6-8-10-12-16-43(57)58;1-3(5)4(2)6/h34-35,37,50H,2-33H2,1H3,(H,46,54)(H,47,56)(H,48,55)(H,49,53)(H,57,58)(H,59,60)(H,61,62);3H,5H2,1-2H3/t34-,35-,37-;3-/m00/s1. The average molecular weight is 1070 g/mol. The van der Waals surface area contributed by atoms with E-state index in [9.17, 15) is 53.1 Å². The Labute approximate surface area is 434 Å². The number of Topliss-reactive ketones (excluding diaryl/α,β-unsaturated/α-hetero) is 3. The number of ether oxygens (including phenoxy) is 4. The van der Waals surface area contributed by atoms with Gasteiger partial charge in [0.15, 0.2) is 0 Å². The van der Waals surface area contributed by atoms with Crippen molar-refractivity contribution in [3.8, 4) is 0 Å². The second-order valence-corrected chi connectivity index (χ2v) is 18.4. The van der Waals surface area contributed by atoms with Gasteiger partial charge in [-0.2, -0.15) is 11.8 Å². The molecule has 0 aromatic heterocycles. The minimum absolute atomic E-state index is 0.00782. The van der Waals surface area contributed by atoms with Crippen LogP contribution in [0.3, 0.4) is 0 Å². The quantitative estimate of drug-likeness (QED) is 0.0394. The summed E-state index contributed by atoms with van der Waals surface area (Å²) in [6.07, 6.45) is 10.9. The predicted molar refractivity (Wildman–Crippen MR) is 272 cm³/mol. The Morgan fingerprint density at radius 3 is 1.55 bits per heavy atom. The number of hydrogen-bond acceptors (Lipinski definition) is 17. The highest BCUT2D eigenvalue weighted by Gasteiger charge is 2.25. The fourth-order valence-corrected chi connectivity index (χ4v) is 7.37. The van der Waals surface area contributed by atoms with Gasteiger partial charge < -0.3 is 66.4 Å². The SMILES string of the molecule is CC(=O)[C@H](C)N.CC[C@@H](CSCC(=O)NCCNC(=O)COCCOCCNC(=O)COCCOCCCC(=O)CC[C@H](NC(=O)CCCCCCCCCCCCC(=O)O)C(=O)O)C(=O)C[C@@H](CO)C(=O)O. The summed E-state index contributed by atoms with van der Waals surface area (Å²) >= 11 is 1.24. The number of carboxylic acid groups (broad SMARTS) is 3. The molecule has 4 amide bonds. The monoisotopic (exact) mass is 1070 g/mol. The molecule has 23 nitrogen and oxygen atoms in total. The number of carboxylic acids is 3. The summed E-state index contributed by atoms with van der Waals surface area (Å²) in [7, 11) is 0. The van der Waals surface area contributed by atoms with Gasteiger partial charge in [0.25, 0.3) is 0 Å². The van der Waals surface area contributed by atoms with Crippen LogP contribution in [0.4, 0.5) is 0 Å². The number of thioether (sulfide) groups is 1. The van der Waals surface area contributed by atoms with E-state index in [2.05, 4.69) is 21.3 Å². The first kappa shape index (κ1) is 70.5. The van der Waals surface area contributed by atoms with E-state index in [1.165, 1.54) is 18.7 Å². The summed E-state index contributed by atoms with van der Waals surface area (Å²) in [5, 5.41) is 46.8. The molecule has 0 aliphatic heterocycles. The van der Waals surface area contributed by atoms with Crippen molar-refractivity contribution < 1.29 is 87.3 Å². The van der Waals surface area contributed by atoms with Gasteiger partial charge in [0.2, 0.25) is 23.6 Å². The van der Waals surface area contributed by atoms with Crippen molar-refractivity contribution >= 4 is 70.6 Å². The van der Waals surface area contributed by atoms with Gasteiger partial charge in [-0.05, 0) is 46.0 Å². The molecule has 24 heteroatoms. The lowest BCUT2D eigenvalue weighted by Crippen LogP contribution is -2.41. The number of nitrogens with two attached hydrogens (primary N) is 1. The second-order valence-electron chi connectivity index (χ2n) is 17.4. The molecule has 0 saturated carbocycles. The third-order valence-electron chi connectivity index (χ3n) is 10.8. The molecule has 73 heavy (non-hydrogen) atoms. The fraction of sp³-hybridized carbons (Fsp3) is 0.796. The minimum Gasteiger partial charge on any atom is -0.481 e. The highest BCUT2D eigenvalue weighted by molar-refractivity contribution is 7.99. The van der Waals surface area contributed by atoms with E-state index in [0.29, 0.717) is 25.0 Å². The van der Waals surface area contributed by atoms with Crippen LogP contribution < -0.4 is 27.0 Å². The lowest BCUT2D eigenvalue weighted by Gasteiger charge is -2.15. The maximum Gasteiger partial charge on any atom is 0.326 e. The van der Waals surface area contributed by atoms with E-state index in [4.69, 9.17) is 40.0 Å². The lowest BCUT2D eigenvalue weighted by atomic mass is 9.94. The van der Waals surface area contributed by atoms with Crippen molar-refractivity contribution in [3.05, 3.63) is 0 Å². The summed E-state index contributed by atoms with van der Waals surface area (Å²) < 4.78 is 21.4. The summed E-state index contributed by atoms with van der Waals surface area (Å²) in [6.45, 7) is 5.72. The largest absolute Gasteiger partial charge is 0.481 e. The van der Waals surface area contributed by atoms with Crippen molar-refractivity contribution in [1.29, 1.82) is 0 Å². The van der Waals surface area contributed by atoms with E-state index >= 15 is 0 Å². The third-order valence-corrected chi connectivity index (χ3v) is 11.9. The van der Waals surface area contributed by atoms with Crippen molar-refractivity contribution in [2.75, 3.05) is 90.6 Å². The van der Waals surface area contributed by atoms with Crippen LogP contribution in [0, 0.1) is 11.8 Å². The Hall–Kier alpha value is -4.59. The fourth-order valence-electron chi connectivity index (χ4n) is 6.26. The number of rotatable bonds is 49. The number of carbonyl (C=O) groups excluding carboxylic acids is 7. The molecule has 0 spiro atoms. The Balaban J connectivity index is 0. The maximum atomic E-state index is 12.3. The first-order chi connectivity index (χ1) is 34.8. The Bertz CT molecular complexity index is 1590. The van der Waals surface area contributed by atoms with E-state index in [0.717, 1.165) is 57.8 Å². The summed E-state index contributed by atoms with van der Waals surface area (Å²) in [4.78, 5) is 116. The highest BCUT2D eigenvalue weighted by Crippen LogP contribution is 2.18. The Kier molecular flexibility index (Phi) is 46.7. The normalized spacial score (nSPS) is 12.5. The molecule has 0 rings (SSSR count). The van der Waals surface area contributed by atoms with Crippen LogP contribution in [0.15, 0.2) is 0 Å². The molecule has 0 aromatic carbocycles. The Morgan fingerprint density at radius 1 is 0.562 bits per heavy atom. The minimum atomic E-state index is -1.23. The summed E-state index contributed by atoms with van der Waals surface area (Å²) in [5.74, 6) is -6.00. The summed E-state index contributed by atoms with van der Waals surface area (Å²) in [6, 6.07) is -1.42. The van der Waals surface area contributed by atoms with Crippen LogP contribution in [-0.4, -0.2) is 182 Å². The molecule has 4 atom stereocenters. The topological polar surface area (TPSA) is 363 Å². The number of unbranched alkanes of at least 4 members (excludes halogenated alkanes) is 9. The van der Waals surface area contributed by atoms with Crippen LogP contribution in [-0.2, 0) is 66.9 Å². The molecule has 0 saturated heterocycles. The van der Waals surface area contributed by atoms with Gasteiger partial charge in [-0.15, -0.1) is 0 Å². The number of aliphatic carboxylic acids is 3. The van der Waals surface area contributed by atoms with Crippen LogP contribution in [0.25, 0.3) is 0 Å². The zero-order chi connectivity index (χ0) is 55.1. The molecule has 422 valence electrons. The highest BCUT2D eigenvalue weighted by atomic mass is 32.2. The number of aliphatic hydroxyl groups excluding tert-OH is 1. The molecule has 0 aliphatic rings. The first-order valence-corrected chi connectivity index (χ1v) is 26.6. The zero-order valence-electron chi connectivity index (χ0n) is 43.4.